The number of aliphatic hydroxyl groups excluding tert-OH is 1. The van der Waals surface area contributed by atoms with E-state index >= 15 is 0 Å². The van der Waals surface area contributed by atoms with Crippen LogP contribution < -0.4 is 0 Å². The molecule has 0 aliphatic carbocycles. The number of ether oxygens (including phenoxy) is 1. The number of benzene rings is 1. The zero-order valence-electron chi connectivity index (χ0n) is 8.40. The Morgan fingerprint density at radius 3 is 2.87 bits per heavy atom. The van der Waals surface area contributed by atoms with Gasteiger partial charge in [-0.1, -0.05) is 12.1 Å². The van der Waals surface area contributed by atoms with Crippen LogP contribution >= 0.6 is 0 Å². The summed E-state index contributed by atoms with van der Waals surface area (Å²) in [6, 6.07) is 5.12. The maximum atomic E-state index is 11.4. The lowest BCUT2D eigenvalue weighted by atomic mass is 9.99. The van der Waals surface area contributed by atoms with Gasteiger partial charge in [-0.15, -0.1) is 0 Å². The van der Waals surface area contributed by atoms with Gasteiger partial charge in [0.25, 0.3) is 0 Å². The highest BCUT2D eigenvalue weighted by molar-refractivity contribution is 5.94. The molecule has 0 spiro atoms. The van der Waals surface area contributed by atoms with Crippen LogP contribution in [0.2, 0.25) is 0 Å². The summed E-state index contributed by atoms with van der Waals surface area (Å²) in [7, 11) is 0. The third-order valence-corrected chi connectivity index (χ3v) is 2.15. The summed E-state index contributed by atoms with van der Waals surface area (Å²) in [6.07, 6.45) is 0.371. The molecule has 1 aromatic carbocycles. The first kappa shape index (κ1) is 11.4. The van der Waals surface area contributed by atoms with E-state index in [9.17, 15) is 9.59 Å². The largest absolute Gasteiger partial charge is 0.396 e. The van der Waals surface area contributed by atoms with Gasteiger partial charge in [0.05, 0.1) is 5.56 Å². The van der Waals surface area contributed by atoms with Crippen LogP contribution in [0.1, 0.15) is 21.5 Å². The first-order valence-electron chi connectivity index (χ1n) is 4.54. The van der Waals surface area contributed by atoms with E-state index in [1.165, 1.54) is 0 Å². The maximum Gasteiger partial charge on any atom is 0.345 e. The average molecular weight is 208 g/mol. The lowest BCUT2D eigenvalue weighted by molar-refractivity contribution is -0.123. The Morgan fingerprint density at radius 1 is 1.53 bits per heavy atom. The van der Waals surface area contributed by atoms with Gasteiger partial charge in [-0.05, 0) is 30.5 Å². The molecule has 80 valence electrons. The highest BCUT2D eigenvalue weighted by Crippen LogP contribution is 2.15. The number of aryl methyl sites for hydroxylation is 1. The van der Waals surface area contributed by atoms with Crippen molar-refractivity contribution in [1.29, 1.82) is 0 Å². The van der Waals surface area contributed by atoms with Gasteiger partial charge >= 0.3 is 12.4 Å². The predicted molar refractivity (Wildman–Crippen MR) is 53.4 cm³/mol. The molecule has 0 unspecified atom stereocenters. The SMILES string of the molecule is Cc1cccc(C(=O)OC=O)c1CCO. The van der Waals surface area contributed by atoms with E-state index in [0.717, 1.165) is 5.56 Å². The van der Waals surface area contributed by atoms with Crippen LogP contribution in [0.4, 0.5) is 0 Å². The summed E-state index contributed by atoms with van der Waals surface area (Å²) >= 11 is 0. The zero-order chi connectivity index (χ0) is 11.3. The molecule has 0 atom stereocenters. The average Bonchev–Trinajstić information content (AvgIpc) is 2.21. The van der Waals surface area contributed by atoms with Crippen LogP contribution in [-0.4, -0.2) is 24.2 Å². The van der Waals surface area contributed by atoms with Crippen LogP contribution in [0.5, 0.6) is 0 Å². The molecule has 1 aromatic rings. The first-order chi connectivity index (χ1) is 7.20. The van der Waals surface area contributed by atoms with E-state index < -0.39 is 5.97 Å². The second-order valence-electron chi connectivity index (χ2n) is 3.08. The van der Waals surface area contributed by atoms with Crippen molar-refractivity contribution in [3.63, 3.8) is 0 Å². The van der Waals surface area contributed by atoms with Crippen molar-refractivity contribution in [2.75, 3.05) is 6.61 Å². The Labute approximate surface area is 87.5 Å². The molecule has 1 rings (SSSR count). The molecule has 4 heteroatoms. The molecule has 4 nitrogen and oxygen atoms in total. The fourth-order valence-corrected chi connectivity index (χ4v) is 1.44. The molecule has 0 heterocycles. The normalized spacial score (nSPS) is 9.73. The molecule has 0 bridgehead atoms. The Balaban J connectivity index is 3.09. The number of carbonyl (C=O) groups excluding carboxylic acids is 2. The minimum Gasteiger partial charge on any atom is -0.396 e. The summed E-state index contributed by atoms with van der Waals surface area (Å²) in [6.45, 7) is 1.89. The molecule has 0 radical (unpaired) electrons. The second-order valence-corrected chi connectivity index (χ2v) is 3.08. The van der Waals surface area contributed by atoms with Crippen molar-refractivity contribution in [1.82, 2.24) is 0 Å². The number of aliphatic hydroxyl groups is 1. The molecule has 0 aliphatic rings. The fourth-order valence-electron chi connectivity index (χ4n) is 1.44. The van der Waals surface area contributed by atoms with Crippen molar-refractivity contribution in [2.24, 2.45) is 0 Å². The molecule has 0 saturated carbocycles. The van der Waals surface area contributed by atoms with Crippen molar-refractivity contribution in [3.05, 3.63) is 34.9 Å². The number of esters is 1. The zero-order valence-corrected chi connectivity index (χ0v) is 8.40. The predicted octanol–water partition coefficient (Wildman–Crippen LogP) is 0.843. The molecule has 0 aromatic heterocycles. The minimum atomic E-state index is -0.683. The lowest BCUT2D eigenvalue weighted by Gasteiger charge is -2.08. The smallest absolute Gasteiger partial charge is 0.345 e. The third kappa shape index (κ3) is 2.63. The Bertz CT molecular complexity index is 371. The molecule has 0 amide bonds. The molecular formula is C11H12O4. The summed E-state index contributed by atoms with van der Waals surface area (Å²) in [4.78, 5) is 21.4. The monoisotopic (exact) mass is 208 g/mol. The van der Waals surface area contributed by atoms with Gasteiger partial charge in [-0.2, -0.15) is 0 Å². The Morgan fingerprint density at radius 2 is 2.27 bits per heavy atom. The van der Waals surface area contributed by atoms with E-state index in [1.807, 2.05) is 13.0 Å². The summed E-state index contributed by atoms with van der Waals surface area (Å²) in [5, 5.41) is 8.86. The molecule has 0 aliphatic heterocycles. The van der Waals surface area contributed by atoms with Gasteiger partial charge < -0.3 is 9.84 Å². The molecule has 15 heavy (non-hydrogen) atoms. The van der Waals surface area contributed by atoms with Crippen molar-refractivity contribution in [2.45, 2.75) is 13.3 Å². The van der Waals surface area contributed by atoms with Crippen LogP contribution in [0.3, 0.4) is 0 Å². The van der Waals surface area contributed by atoms with Gasteiger partial charge in [0.15, 0.2) is 0 Å². The van der Waals surface area contributed by atoms with Crippen LogP contribution in [0, 0.1) is 6.92 Å². The minimum absolute atomic E-state index is 0.0494. The summed E-state index contributed by atoms with van der Waals surface area (Å²) < 4.78 is 4.27. The van der Waals surface area contributed by atoms with E-state index in [0.29, 0.717) is 17.5 Å². The van der Waals surface area contributed by atoms with Crippen molar-refractivity contribution < 1.29 is 19.4 Å². The van der Waals surface area contributed by atoms with Crippen LogP contribution in [0.25, 0.3) is 0 Å². The summed E-state index contributed by atoms with van der Waals surface area (Å²) in [5.41, 5.74) is 1.94. The highest BCUT2D eigenvalue weighted by Gasteiger charge is 2.13. The maximum absolute atomic E-state index is 11.4. The number of hydrogen-bond donors (Lipinski definition) is 1. The van der Waals surface area contributed by atoms with Crippen molar-refractivity contribution in [3.8, 4) is 0 Å². The number of carbonyl (C=O) groups is 2. The third-order valence-electron chi connectivity index (χ3n) is 2.15. The second kappa shape index (κ2) is 5.26. The molecule has 0 fully saturated rings. The van der Waals surface area contributed by atoms with Crippen molar-refractivity contribution >= 4 is 12.4 Å². The Kier molecular flexibility index (Phi) is 4.00. The van der Waals surface area contributed by atoms with E-state index in [4.69, 9.17) is 5.11 Å². The summed E-state index contributed by atoms with van der Waals surface area (Å²) in [5.74, 6) is -0.683. The van der Waals surface area contributed by atoms with E-state index in [1.54, 1.807) is 12.1 Å². The molecule has 0 saturated heterocycles. The molecule has 1 N–H and O–H groups in total. The topological polar surface area (TPSA) is 63.6 Å². The van der Waals surface area contributed by atoms with Gasteiger partial charge in [0, 0.05) is 6.61 Å². The quantitative estimate of drug-likeness (QED) is 0.452. The van der Waals surface area contributed by atoms with Gasteiger partial charge in [-0.3, -0.25) is 4.79 Å². The van der Waals surface area contributed by atoms with Gasteiger partial charge in [-0.25, -0.2) is 4.79 Å². The lowest BCUT2D eigenvalue weighted by Crippen LogP contribution is -2.09. The van der Waals surface area contributed by atoms with Crippen LogP contribution in [0.15, 0.2) is 18.2 Å². The van der Waals surface area contributed by atoms with E-state index in [2.05, 4.69) is 4.74 Å². The Hall–Kier alpha value is -1.68. The van der Waals surface area contributed by atoms with E-state index in [-0.39, 0.29) is 13.1 Å². The molecular weight excluding hydrogens is 196 g/mol. The number of rotatable bonds is 4. The standard InChI is InChI=1S/C11H12O4/c1-8-3-2-4-10(9(8)5-6-12)11(14)15-7-13/h2-4,7,12H,5-6H2,1H3. The van der Waals surface area contributed by atoms with Crippen LogP contribution in [-0.2, 0) is 16.0 Å². The highest BCUT2D eigenvalue weighted by atomic mass is 16.6. The van der Waals surface area contributed by atoms with Gasteiger partial charge in [0.1, 0.15) is 0 Å². The fraction of sp³-hybridized carbons (Fsp3) is 0.273. The first-order valence-corrected chi connectivity index (χ1v) is 4.54. The number of hydrogen-bond acceptors (Lipinski definition) is 4. The van der Waals surface area contributed by atoms with Gasteiger partial charge in [0.2, 0.25) is 0 Å².